The lowest BCUT2D eigenvalue weighted by Gasteiger charge is -2.30. The molecule has 1 aliphatic rings. The van der Waals surface area contributed by atoms with Crippen LogP contribution >= 0.6 is 11.6 Å². The molecule has 2 nitrogen and oxygen atoms in total. The highest BCUT2D eigenvalue weighted by atomic mass is 35.5. The second-order valence-corrected chi connectivity index (χ2v) is 4.52. The van der Waals surface area contributed by atoms with Crippen LogP contribution in [0.15, 0.2) is 24.3 Å². The molecular weight excluding hydrogens is 210 g/mol. The van der Waals surface area contributed by atoms with E-state index in [2.05, 4.69) is 12.2 Å². The number of halogens is 1. The monoisotopic (exact) mass is 225 g/mol. The number of piperidine rings is 1. The summed E-state index contributed by atoms with van der Waals surface area (Å²) in [4.78, 5) is 0. The molecule has 82 valence electrons. The van der Waals surface area contributed by atoms with Gasteiger partial charge in [0.1, 0.15) is 11.9 Å². The summed E-state index contributed by atoms with van der Waals surface area (Å²) in [6.07, 6.45) is 1.40. The molecule has 1 aromatic rings. The molecule has 0 saturated carbocycles. The summed E-state index contributed by atoms with van der Waals surface area (Å²) in [5.41, 5.74) is 0. The van der Waals surface area contributed by atoms with Crippen molar-refractivity contribution in [3.05, 3.63) is 29.3 Å². The van der Waals surface area contributed by atoms with Gasteiger partial charge in [-0.2, -0.15) is 0 Å². The van der Waals surface area contributed by atoms with Crippen molar-refractivity contribution < 1.29 is 4.74 Å². The van der Waals surface area contributed by atoms with Gasteiger partial charge in [-0.05, 0) is 37.2 Å². The molecule has 1 N–H and O–H groups in total. The average molecular weight is 226 g/mol. The fourth-order valence-corrected chi connectivity index (χ4v) is 1.98. The van der Waals surface area contributed by atoms with Crippen molar-refractivity contribution in [2.45, 2.75) is 19.4 Å². The van der Waals surface area contributed by atoms with Crippen LogP contribution in [0.2, 0.25) is 5.02 Å². The zero-order valence-corrected chi connectivity index (χ0v) is 9.63. The van der Waals surface area contributed by atoms with Crippen LogP contribution in [0.4, 0.5) is 0 Å². The Morgan fingerprint density at radius 2 is 2.07 bits per heavy atom. The van der Waals surface area contributed by atoms with E-state index in [1.807, 2.05) is 24.3 Å². The standard InChI is InChI=1S/C12H16ClNO/c1-9-8-14-7-6-12(9)15-11-4-2-10(13)3-5-11/h2-5,9,12,14H,6-8H2,1H3/t9-,12+/m0/s1. The molecule has 0 aliphatic carbocycles. The maximum Gasteiger partial charge on any atom is 0.119 e. The van der Waals surface area contributed by atoms with Crippen molar-refractivity contribution in [2.24, 2.45) is 5.92 Å². The normalized spacial score (nSPS) is 26.3. The molecule has 2 rings (SSSR count). The number of rotatable bonds is 2. The number of hydrogen-bond acceptors (Lipinski definition) is 2. The summed E-state index contributed by atoms with van der Waals surface area (Å²) >= 11 is 5.82. The molecule has 0 aromatic heterocycles. The number of hydrogen-bond donors (Lipinski definition) is 1. The fraction of sp³-hybridized carbons (Fsp3) is 0.500. The van der Waals surface area contributed by atoms with Gasteiger partial charge in [0.25, 0.3) is 0 Å². The highest BCUT2D eigenvalue weighted by Gasteiger charge is 2.22. The molecule has 2 atom stereocenters. The van der Waals surface area contributed by atoms with Gasteiger partial charge in [-0.15, -0.1) is 0 Å². The summed E-state index contributed by atoms with van der Waals surface area (Å²) in [5, 5.41) is 4.11. The Labute approximate surface area is 95.6 Å². The van der Waals surface area contributed by atoms with Crippen molar-refractivity contribution in [1.82, 2.24) is 5.32 Å². The van der Waals surface area contributed by atoms with E-state index in [-0.39, 0.29) is 0 Å². The molecule has 1 fully saturated rings. The maximum atomic E-state index is 5.92. The Morgan fingerprint density at radius 1 is 1.33 bits per heavy atom. The van der Waals surface area contributed by atoms with Gasteiger partial charge in [0.15, 0.2) is 0 Å². The SMILES string of the molecule is C[C@H]1CNCC[C@H]1Oc1ccc(Cl)cc1. The molecule has 0 radical (unpaired) electrons. The van der Waals surface area contributed by atoms with Gasteiger partial charge in [0.05, 0.1) is 0 Å². The predicted octanol–water partition coefficient (Wildman–Crippen LogP) is 2.72. The van der Waals surface area contributed by atoms with Crippen molar-refractivity contribution >= 4 is 11.6 Å². The van der Waals surface area contributed by atoms with Gasteiger partial charge >= 0.3 is 0 Å². The van der Waals surface area contributed by atoms with Crippen LogP contribution in [0.25, 0.3) is 0 Å². The molecule has 1 saturated heterocycles. The summed E-state index contributed by atoms with van der Waals surface area (Å²) in [5.74, 6) is 1.48. The molecule has 3 heteroatoms. The van der Waals surface area contributed by atoms with Crippen molar-refractivity contribution in [3.8, 4) is 5.75 Å². The quantitative estimate of drug-likeness (QED) is 0.836. The topological polar surface area (TPSA) is 21.3 Å². The first-order valence-electron chi connectivity index (χ1n) is 5.38. The zero-order chi connectivity index (χ0) is 10.7. The summed E-state index contributed by atoms with van der Waals surface area (Å²) < 4.78 is 5.92. The molecule has 0 unspecified atom stereocenters. The van der Waals surface area contributed by atoms with Crippen LogP contribution in [0, 0.1) is 5.92 Å². The second-order valence-electron chi connectivity index (χ2n) is 4.08. The fourth-order valence-electron chi connectivity index (χ4n) is 1.85. The van der Waals surface area contributed by atoms with Crippen molar-refractivity contribution in [3.63, 3.8) is 0 Å². The lowest BCUT2D eigenvalue weighted by Crippen LogP contribution is -2.41. The van der Waals surface area contributed by atoms with Crippen molar-refractivity contribution in [1.29, 1.82) is 0 Å². The van der Waals surface area contributed by atoms with E-state index in [9.17, 15) is 0 Å². The van der Waals surface area contributed by atoms with Gasteiger partial charge in [-0.1, -0.05) is 18.5 Å². The number of benzene rings is 1. The van der Waals surface area contributed by atoms with E-state index in [4.69, 9.17) is 16.3 Å². The largest absolute Gasteiger partial charge is 0.490 e. The van der Waals surface area contributed by atoms with Crippen LogP contribution in [0.5, 0.6) is 5.75 Å². The summed E-state index contributed by atoms with van der Waals surface area (Å²) in [6.45, 7) is 4.30. The first kappa shape index (κ1) is 10.8. The first-order chi connectivity index (χ1) is 7.25. The molecule has 15 heavy (non-hydrogen) atoms. The third-order valence-corrected chi connectivity index (χ3v) is 3.06. The van der Waals surface area contributed by atoms with Crippen LogP contribution < -0.4 is 10.1 Å². The van der Waals surface area contributed by atoms with Gasteiger partial charge in [0, 0.05) is 17.5 Å². The van der Waals surface area contributed by atoms with E-state index in [0.717, 1.165) is 30.3 Å². The minimum Gasteiger partial charge on any atom is -0.490 e. The van der Waals surface area contributed by atoms with Crippen LogP contribution in [-0.2, 0) is 0 Å². The smallest absolute Gasteiger partial charge is 0.119 e. The number of nitrogens with one attached hydrogen (secondary N) is 1. The molecular formula is C12H16ClNO. The Kier molecular flexibility index (Phi) is 3.49. The first-order valence-corrected chi connectivity index (χ1v) is 5.76. The molecule has 1 heterocycles. The predicted molar refractivity (Wildman–Crippen MR) is 62.5 cm³/mol. The minimum absolute atomic E-state index is 0.326. The van der Waals surface area contributed by atoms with E-state index in [0.29, 0.717) is 12.0 Å². The summed E-state index contributed by atoms with van der Waals surface area (Å²) in [6, 6.07) is 7.58. The van der Waals surface area contributed by atoms with Gasteiger partial charge in [-0.25, -0.2) is 0 Å². The second kappa shape index (κ2) is 4.86. The van der Waals surface area contributed by atoms with Gasteiger partial charge < -0.3 is 10.1 Å². The Hall–Kier alpha value is -0.730. The highest BCUT2D eigenvalue weighted by Crippen LogP contribution is 2.21. The van der Waals surface area contributed by atoms with Crippen LogP contribution in [0.1, 0.15) is 13.3 Å². The lowest BCUT2D eigenvalue weighted by molar-refractivity contribution is 0.112. The molecule has 0 amide bonds. The zero-order valence-electron chi connectivity index (χ0n) is 8.87. The number of ether oxygens (including phenoxy) is 1. The third-order valence-electron chi connectivity index (χ3n) is 2.81. The van der Waals surface area contributed by atoms with Gasteiger partial charge in [0.2, 0.25) is 0 Å². The van der Waals surface area contributed by atoms with Crippen LogP contribution in [-0.4, -0.2) is 19.2 Å². The lowest BCUT2D eigenvalue weighted by atomic mass is 9.98. The Morgan fingerprint density at radius 3 is 2.73 bits per heavy atom. The molecule has 1 aliphatic heterocycles. The van der Waals surface area contributed by atoms with E-state index in [1.54, 1.807) is 0 Å². The van der Waals surface area contributed by atoms with E-state index < -0.39 is 0 Å². The molecule has 1 aromatic carbocycles. The van der Waals surface area contributed by atoms with E-state index in [1.165, 1.54) is 0 Å². The molecule has 0 spiro atoms. The minimum atomic E-state index is 0.326. The maximum absolute atomic E-state index is 5.92. The summed E-state index contributed by atoms with van der Waals surface area (Å²) in [7, 11) is 0. The Bertz CT molecular complexity index is 312. The Balaban J connectivity index is 1.98. The highest BCUT2D eigenvalue weighted by molar-refractivity contribution is 6.30. The van der Waals surface area contributed by atoms with Gasteiger partial charge in [-0.3, -0.25) is 0 Å². The van der Waals surface area contributed by atoms with E-state index >= 15 is 0 Å². The van der Waals surface area contributed by atoms with Crippen LogP contribution in [0.3, 0.4) is 0 Å². The molecule has 0 bridgehead atoms. The third kappa shape index (κ3) is 2.86. The van der Waals surface area contributed by atoms with Crippen molar-refractivity contribution in [2.75, 3.05) is 13.1 Å². The average Bonchev–Trinajstić information content (AvgIpc) is 2.25.